The zero-order valence-electron chi connectivity index (χ0n) is 12.4. The molecule has 5 nitrogen and oxygen atoms in total. The van der Waals surface area contributed by atoms with Gasteiger partial charge in [-0.15, -0.1) is 0 Å². The predicted molar refractivity (Wildman–Crippen MR) is 82.2 cm³/mol. The molecule has 0 aromatic heterocycles. The van der Waals surface area contributed by atoms with Crippen LogP contribution in [0, 0.1) is 11.6 Å². The molecule has 0 atom stereocenters. The van der Waals surface area contributed by atoms with Crippen molar-refractivity contribution in [3.8, 4) is 0 Å². The third-order valence-electron chi connectivity index (χ3n) is 3.52. The molecule has 1 heterocycles. The van der Waals surface area contributed by atoms with Crippen LogP contribution in [0.25, 0.3) is 0 Å². The third kappa shape index (κ3) is 2.44. The third-order valence-corrected chi connectivity index (χ3v) is 5.29. The molecule has 2 aromatic rings. The quantitative estimate of drug-likeness (QED) is 0.779. The fourth-order valence-corrected chi connectivity index (χ4v) is 3.85. The van der Waals surface area contributed by atoms with Crippen molar-refractivity contribution in [2.45, 2.75) is 4.90 Å². The summed E-state index contributed by atoms with van der Waals surface area (Å²) in [7, 11) is -3.02. The first-order valence-corrected chi connectivity index (χ1v) is 8.23. The standard InChI is InChI=1S/C16H11F2NO4S/c1-23-16(20)15-9-19(10-6-7-11(17)12(18)8-10)13-4-2-3-5-14(13)24(15,21)22/h2-9H,1H3. The van der Waals surface area contributed by atoms with Crippen LogP contribution < -0.4 is 4.90 Å². The number of halogens is 2. The SMILES string of the molecule is COC(=O)C1=CN(c2ccc(F)c(F)c2)c2ccccc2S1(=O)=O. The summed E-state index contributed by atoms with van der Waals surface area (Å²) >= 11 is 0. The number of hydrogen-bond acceptors (Lipinski definition) is 5. The zero-order chi connectivity index (χ0) is 17.5. The summed E-state index contributed by atoms with van der Waals surface area (Å²) in [6.45, 7) is 0. The molecule has 0 aliphatic carbocycles. The van der Waals surface area contributed by atoms with Gasteiger partial charge in [0, 0.05) is 18.0 Å². The summed E-state index contributed by atoms with van der Waals surface area (Å²) in [6, 6.07) is 9.03. The fourth-order valence-electron chi connectivity index (χ4n) is 2.37. The van der Waals surface area contributed by atoms with Gasteiger partial charge in [0.1, 0.15) is 0 Å². The maximum absolute atomic E-state index is 13.6. The van der Waals surface area contributed by atoms with Gasteiger partial charge in [0.15, 0.2) is 16.5 Å². The highest BCUT2D eigenvalue weighted by molar-refractivity contribution is 7.96. The summed E-state index contributed by atoms with van der Waals surface area (Å²) in [5, 5.41) is 0. The van der Waals surface area contributed by atoms with E-state index in [1.807, 2.05) is 0 Å². The molecular formula is C16H11F2NO4S. The Morgan fingerprint density at radius 3 is 2.46 bits per heavy atom. The molecule has 2 aromatic carbocycles. The zero-order valence-corrected chi connectivity index (χ0v) is 13.2. The number of nitrogens with zero attached hydrogens (tertiary/aromatic N) is 1. The van der Waals surface area contributed by atoms with Gasteiger partial charge in [0.05, 0.1) is 17.7 Å². The number of benzene rings is 2. The lowest BCUT2D eigenvalue weighted by molar-refractivity contribution is -0.135. The number of sulfone groups is 1. The number of esters is 1. The van der Waals surface area contributed by atoms with Gasteiger partial charge < -0.3 is 9.64 Å². The molecule has 0 unspecified atom stereocenters. The molecule has 124 valence electrons. The van der Waals surface area contributed by atoms with E-state index in [0.29, 0.717) is 0 Å². The van der Waals surface area contributed by atoms with Crippen LogP contribution in [0.2, 0.25) is 0 Å². The van der Waals surface area contributed by atoms with E-state index in [9.17, 15) is 22.0 Å². The van der Waals surface area contributed by atoms with E-state index in [1.54, 1.807) is 6.07 Å². The highest BCUT2D eigenvalue weighted by Crippen LogP contribution is 2.39. The molecular weight excluding hydrogens is 340 g/mol. The lowest BCUT2D eigenvalue weighted by atomic mass is 10.2. The summed E-state index contributed by atoms with van der Waals surface area (Å²) in [6.07, 6.45) is 1.04. The van der Waals surface area contributed by atoms with Gasteiger partial charge in [-0.2, -0.15) is 0 Å². The Bertz CT molecular complexity index is 970. The summed E-state index contributed by atoms with van der Waals surface area (Å²) < 4.78 is 56.4. The van der Waals surface area contributed by atoms with E-state index in [0.717, 1.165) is 25.4 Å². The van der Waals surface area contributed by atoms with Crippen LogP contribution in [0.5, 0.6) is 0 Å². The Morgan fingerprint density at radius 1 is 1.08 bits per heavy atom. The number of hydrogen-bond donors (Lipinski definition) is 0. The van der Waals surface area contributed by atoms with Crippen LogP contribution in [0.1, 0.15) is 0 Å². The minimum absolute atomic E-state index is 0.127. The smallest absolute Gasteiger partial charge is 0.351 e. The topological polar surface area (TPSA) is 63.7 Å². The Kier molecular flexibility index (Phi) is 3.84. The van der Waals surface area contributed by atoms with Crippen LogP contribution in [-0.4, -0.2) is 21.5 Å². The molecule has 1 aliphatic heterocycles. The highest BCUT2D eigenvalue weighted by atomic mass is 32.2. The largest absolute Gasteiger partial charge is 0.465 e. The number of carbonyl (C=O) groups excluding carboxylic acids is 1. The molecule has 1 aliphatic rings. The molecule has 0 saturated carbocycles. The minimum atomic E-state index is -4.08. The molecule has 8 heteroatoms. The van der Waals surface area contributed by atoms with Crippen LogP contribution >= 0.6 is 0 Å². The summed E-state index contributed by atoms with van der Waals surface area (Å²) in [5.41, 5.74) is 0.383. The van der Waals surface area contributed by atoms with Gasteiger partial charge in [-0.25, -0.2) is 22.0 Å². The number of fused-ring (bicyclic) bond motifs is 1. The molecule has 24 heavy (non-hydrogen) atoms. The molecule has 0 amide bonds. The predicted octanol–water partition coefficient (Wildman–Crippen LogP) is 2.90. The van der Waals surface area contributed by atoms with Crippen LogP contribution in [0.4, 0.5) is 20.2 Å². The second-order valence-corrected chi connectivity index (χ2v) is 6.81. The summed E-state index contributed by atoms with van der Waals surface area (Å²) in [5.74, 6) is -3.17. The van der Waals surface area contributed by atoms with Crippen molar-refractivity contribution in [1.29, 1.82) is 0 Å². The number of anilines is 2. The Hall–Kier alpha value is -2.74. The normalized spacial score (nSPS) is 15.5. The van der Waals surface area contributed by atoms with Crippen molar-refractivity contribution in [3.05, 3.63) is 65.2 Å². The maximum Gasteiger partial charge on any atom is 0.351 e. The number of para-hydroxylation sites is 1. The molecule has 3 rings (SSSR count). The lowest BCUT2D eigenvalue weighted by Gasteiger charge is -2.28. The van der Waals surface area contributed by atoms with Gasteiger partial charge in [-0.1, -0.05) is 12.1 Å². The van der Waals surface area contributed by atoms with Crippen LogP contribution in [-0.2, 0) is 19.4 Å². The van der Waals surface area contributed by atoms with Gasteiger partial charge in [0.25, 0.3) is 0 Å². The average molecular weight is 351 g/mol. The van der Waals surface area contributed by atoms with Crippen molar-refractivity contribution in [1.82, 2.24) is 0 Å². The number of carbonyl (C=O) groups is 1. The first-order valence-electron chi connectivity index (χ1n) is 6.75. The van der Waals surface area contributed by atoms with Crippen molar-refractivity contribution >= 4 is 27.2 Å². The van der Waals surface area contributed by atoms with Crippen molar-refractivity contribution in [2.24, 2.45) is 0 Å². The Balaban J connectivity index is 2.27. The van der Waals surface area contributed by atoms with Crippen molar-refractivity contribution < 1.29 is 26.7 Å². The van der Waals surface area contributed by atoms with Gasteiger partial charge >= 0.3 is 5.97 Å². The number of methoxy groups -OCH3 is 1. The van der Waals surface area contributed by atoms with Gasteiger partial charge in [-0.3, -0.25) is 0 Å². The van der Waals surface area contributed by atoms with E-state index in [-0.39, 0.29) is 16.3 Å². The summed E-state index contributed by atoms with van der Waals surface area (Å²) in [4.78, 5) is 12.4. The van der Waals surface area contributed by atoms with Crippen molar-refractivity contribution in [2.75, 3.05) is 12.0 Å². The molecule has 0 bridgehead atoms. The Labute approximate surface area is 136 Å². The average Bonchev–Trinajstić information content (AvgIpc) is 2.57. The number of rotatable bonds is 2. The minimum Gasteiger partial charge on any atom is -0.465 e. The first-order chi connectivity index (χ1) is 11.4. The highest BCUT2D eigenvalue weighted by Gasteiger charge is 2.36. The van der Waals surface area contributed by atoms with E-state index < -0.39 is 32.3 Å². The van der Waals surface area contributed by atoms with Gasteiger partial charge in [-0.05, 0) is 24.3 Å². The monoisotopic (exact) mass is 351 g/mol. The maximum atomic E-state index is 13.6. The van der Waals surface area contributed by atoms with E-state index in [2.05, 4.69) is 4.74 Å². The van der Waals surface area contributed by atoms with Crippen LogP contribution in [0.15, 0.2) is 58.5 Å². The van der Waals surface area contributed by atoms with E-state index >= 15 is 0 Å². The second-order valence-electron chi connectivity index (χ2n) is 4.92. The second kappa shape index (κ2) is 5.72. The first kappa shape index (κ1) is 16.1. The van der Waals surface area contributed by atoms with Gasteiger partial charge in [0.2, 0.25) is 9.84 Å². The Morgan fingerprint density at radius 2 is 1.79 bits per heavy atom. The van der Waals surface area contributed by atoms with E-state index in [1.165, 1.54) is 29.2 Å². The fraction of sp³-hybridized carbons (Fsp3) is 0.0625. The van der Waals surface area contributed by atoms with E-state index in [4.69, 9.17) is 0 Å². The number of ether oxygens (including phenoxy) is 1. The lowest BCUT2D eigenvalue weighted by Crippen LogP contribution is -2.26. The molecule has 0 radical (unpaired) electrons. The van der Waals surface area contributed by atoms with Crippen molar-refractivity contribution in [3.63, 3.8) is 0 Å². The molecule has 0 fully saturated rings. The molecule has 0 saturated heterocycles. The molecule has 0 N–H and O–H groups in total. The van der Waals surface area contributed by atoms with Crippen LogP contribution in [0.3, 0.4) is 0 Å². The molecule has 0 spiro atoms.